The Hall–Kier alpha value is -6.59. The SMILES string of the molecule is c1ccc(-c2nc(-c3ccccc3)nc(-c3cc4c(cc3-n3c5ccccc5c5cc6ccccc6cc53)oc3ccccc34)n2)cc1. The molecule has 0 aliphatic carbocycles. The van der Waals surface area contributed by atoms with Crippen molar-refractivity contribution in [3.8, 4) is 39.9 Å². The van der Waals surface area contributed by atoms with Crippen molar-refractivity contribution in [2.45, 2.75) is 0 Å². The summed E-state index contributed by atoms with van der Waals surface area (Å²) in [5.74, 6) is 1.84. The van der Waals surface area contributed by atoms with Crippen LogP contribution in [0, 0.1) is 0 Å². The van der Waals surface area contributed by atoms with Crippen molar-refractivity contribution in [1.82, 2.24) is 19.5 Å². The predicted octanol–water partition coefficient (Wildman–Crippen LogP) is 11.0. The zero-order valence-electron chi connectivity index (χ0n) is 25.7. The third-order valence-electron chi connectivity index (χ3n) is 9.22. The highest BCUT2D eigenvalue weighted by molar-refractivity contribution is 6.15. The number of hydrogen-bond donors (Lipinski definition) is 0. The standard InChI is InChI=1S/C43H26N4O/c1-3-13-27(14-4-1)41-44-42(28-15-5-2-6-16-28)46-43(45-41)35-25-34-32-20-10-12-22-39(32)48-40(34)26-38(35)47-36-21-11-9-19-31(36)33-23-29-17-7-8-18-30(29)24-37(33)47/h1-26H. The molecule has 0 radical (unpaired) electrons. The molecule has 0 N–H and O–H groups in total. The molecule has 0 atom stereocenters. The Morgan fingerprint density at radius 3 is 1.71 bits per heavy atom. The summed E-state index contributed by atoms with van der Waals surface area (Å²) < 4.78 is 8.84. The van der Waals surface area contributed by atoms with Gasteiger partial charge in [-0.1, -0.05) is 121 Å². The second-order valence-corrected chi connectivity index (χ2v) is 12.1. The van der Waals surface area contributed by atoms with Gasteiger partial charge >= 0.3 is 0 Å². The molecule has 0 saturated carbocycles. The molecule has 3 aromatic heterocycles. The lowest BCUT2D eigenvalue weighted by Gasteiger charge is -2.15. The van der Waals surface area contributed by atoms with E-state index in [0.29, 0.717) is 17.5 Å². The molecule has 0 saturated heterocycles. The van der Waals surface area contributed by atoms with Gasteiger partial charge in [-0.05, 0) is 41.1 Å². The molecule has 0 fully saturated rings. The van der Waals surface area contributed by atoms with Crippen molar-refractivity contribution in [3.63, 3.8) is 0 Å². The van der Waals surface area contributed by atoms with Gasteiger partial charge in [0.15, 0.2) is 17.5 Å². The topological polar surface area (TPSA) is 56.7 Å². The molecule has 0 spiro atoms. The molecule has 7 aromatic carbocycles. The fourth-order valence-corrected chi connectivity index (χ4v) is 6.97. The van der Waals surface area contributed by atoms with Gasteiger partial charge in [-0.25, -0.2) is 15.0 Å². The van der Waals surface area contributed by atoms with Gasteiger partial charge in [0.05, 0.1) is 16.7 Å². The molecule has 0 unspecified atom stereocenters. The molecule has 224 valence electrons. The van der Waals surface area contributed by atoms with Crippen molar-refractivity contribution < 1.29 is 4.42 Å². The maximum atomic E-state index is 6.50. The van der Waals surface area contributed by atoms with Crippen LogP contribution in [-0.2, 0) is 0 Å². The Bertz CT molecular complexity index is 2780. The van der Waals surface area contributed by atoms with Crippen LogP contribution >= 0.6 is 0 Å². The molecule has 0 amide bonds. The number of aromatic nitrogens is 4. The van der Waals surface area contributed by atoms with Crippen LogP contribution in [0.25, 0.3) is 94.4 Å². The normalized spacial score (nSPS) is 11.8. The van der Waals surface area contributed by atoms with E-state index < -0.39 is 0 Å². The third-order valence-corrected chi connectivity index (χ3v) is 9.22. The molecule has 0 aliphatic heterocycles. The summed E-state index contributed by atoms with van der Waals surface area (Å²) in [5.41, 5.74) is 7.54. The summed E-state index contributed by atoms with van der Waals surface area (Å²) in [6.45, 7) is 0. The summed E-state index contributed by atoms with van der Waals surface area (Å²) in [7, 11) is 0. The van der Waals surface area contributed by atoms with Crippen molar-refractivity contribution in [2.24, 2.45) is 0 Å². The van der Waals surface area contributed by atoms with Crippen LogP contribution in [0.5, 0.6) is 0 Å². The van der Waals surface area contributed by atoms with Crippen molar-refractivity contribution in [1.29, 1.82) is 0 Å². The van der Waals surface area contributed by atoms with Gasteiger partial charge in [-0.2, -0.15) is 0 Å². The van der Waals surface area contributed by atoms with E-state index in [2.05, 4.69) is 83.4 Å². The quantitative estimate of drug-likeness (QED) is 0.198. The van der Waals surface area contributed by atoms with Crippen LogP contribution in [0.4, 0.5) is 0 Å². The Kier molecular flexibility index (Phi) is 5.81. The van der Waals surface area contributed by atoms with Gasteiger partial charge in [0, 0.05) is 44.3 Å². The molecule has 10 rings (SSSR count). The van der Waals surface area contributed by atoms with Gasteiger partial charge in [0.2, 0.25) is 0 Å². The van der Waals surface area contributed by atoms with Crippen LogP contribution < -0.4 is 0 Å². The van der Waals surface area contributed by atoms with E-state index in [1.54, 1.807) is 0 Å². The highest BCUT2D eigenvalue weighted by Crippen LogP contribution is 2.41. The van der Waals surface area contributed by atoms with Crippen molar-refractivity contribution >= 4 is 54.5 Å². The molecule has 5 nitrogen and oxygen atoms in total. The maximum Gasteiger partial charge on any atom is 0.166 e. The van der Waals surface area contributed by atoms with Crippen LogP contribution in [-0.4, -0.2) is 19.5 Å². The van der Waals surface area contributed by atoms with Crippen molar-refractivity contribution in [3.05, 3.63) is 158 Å². The van der Waals surface area contributed by atoms with Crippen LogP contribution in [0.3, 0.4) is 0 Å². The molecular formula is C43H26N4O. The second-order valence-electron chi connectivity index (χ2n) is 12.1. The van der Waals surface area contributed by atoms with Crippen LogP contribution in [0.2, 0.25) is 0 Å². The van der Waals surface area contributed by atoms with E-state index in [1.165, 1.54) is 21.5 Å². The summed E-state index contributed by atoms with van der Waals surface area (Å²) >= 11 is 0. The number of para-hydroxylation sites is 2. The molecule has 5 heteroatoms. The number of rotatable bonds is 4. The lowest BCUT2D eigenvalue weighted by molar-refractivity contribution is 0.668. The van der Waals surface area contributed by atoms with E-state index in [1.807, 2.05) is 78.9 Å². The van der Waals surface area contributed by atoms with Gasteiger partial charge in [0.25, 0.3) is 0 Å². The molecule has 10 aromatic rings. The summed E-state index contributed by atoms with van der Waals surface area (Å²) in [6, 6.07) is 54.5. The first-order valence-electron chi connectivity index (χ1n) is 16.0. The minimum atomic E-state index is 0.594. The zero-order valence-corrected chi connectivity index (χ0v) is 25.7. The molecule has 0 bridgehead atoms. The monoisotopic (exact) mass is 614 g/mol. The number of hydrogen-bond acceptors (Lipinski definition) is 4. The summed E-state index contributed by atoms with van der Waals surface area (Å²) in [5, 5.41) is 6.81. The number of furan rings is 1. The molecule has 48 heavy (non-hydrogen) atoms. The first kappa shape index (κ1) is 26.6. The first-order valence-corrected chi connectivity index (χ1v) is 16.0. The number of fused-ring (bicyclic) bond motifs is 7. The number of nitrogens with zero attached hydrogens (tertiary/aromatic N) is 4. The minimum absolute atomic E-state index is 0.594. The van der Waals surface area contributed by atoms with E-state index in [9.17, 15) is 0 Å². The van der Waals surface area contributed by atoms with E-state index in [0.717, 1.165) is 55.3 Å². The smallest absolute Gasteiger partial charge is 0.166 e. The molecule has 0 aliphatic rings. The van der Waals surface area contributed by atoms with Crippen molar-refractivity contribution in [2.75, 3.05) is 0 Å². The summed E-state index contributed by atoms with van der Waals surface area (Å²) in [6.07, 6.45) is 0. The average molecular weight is 615 g/mol. The Labute approximate surface area is 275 Å². The fraction of sp³-hybridized carbons (Fsp3) is 0. The Morgan fingerprint density at radius 2 is 0.979 bits per heavy atom. The summed E-state index contributed by atoms with van der Waals surface area (Å²) in [4.78, 5) is 15.4. The lowest BCUT2D eigenvalue weighted by Crippen LogP contribution is -2.03. The lowest BCUT2D eigenvalue weighted by atomic mass is 10.0. The van der Waals surface area contributed by atoms with Gasteiger partial charge in [-0.3, -0.25) is 0 Å². The van der Waals surface area contributed by atoms with E-state index in [-0.39, 0.29) is 0 Å². The highest BCUT2D eigenvalue weighted by Gasteiger charge is 2.22. The van der Waals surface area contributed by atoms with Gasteiger partial charge in [-0.15, -0.1) is 0 Å². The molecule has 3 heterocycles. The van der Waals surface area contributed by atoms with E-state index >= 15 is 0 Å². The number of benzene rings is 7. The van der Waals surface area contributed by atoms with Crippen LogP contribution in [0.15, 0.2) is 162 Å². The largest absolute Gasteiger partial charge is 0.456 e. The zero-order chi connectivity index (χ0) is 31.6. The first-order chi connectivity index (χ1) is 23.8. The minimum Gasteiger partial charge on any atom is -0.456 e. The predicted molar refractivity (Wildman–Crippen MR) is 195 cm³/mol. The highest BCUT2D eigenvalue weighted by atomic mass is 16.3. The van der Waals surface area contributed by atoms with Crippen LogP contribution in [0.1, 0.15) is 0 Å². The second kappa shape index (κ2) is 10.5. The van der Waals surface area contributed by atoms with Gasteiger partial charge in [0.1, 0.15) is 11.2 Å². The van der Waals surface area contributed by atoms with E-state index in [4.69, 9.17) is 19.4 Å². The Morgan fingerprint density at radius 1 is 0.396 bits per heavy atom. The average Bonchev–Trinajstić information content (AvgIpc) is 3.68. The van der Waals surface area contributed by atoms with Gasteiger partial charge < -0.3 is 8.98 Å². The fourth-order valence-electron chi connectivity index (χ4n) is 6.97. The molecular weight excluding hydrogens is 589 g/mol. The third kappa shape index (κ3) is 4.15. The Balaban J connectivity index is 1.35. The maximum absolute atomic E-state index is 6.50.